The van der Waals surface area contributed by atoms with Crippen LogP contribution in [0.15, 0.2) is 97.2 Å². The molecule has 0 amide bonds. The van der Waals surface area contributed by atoms with Gasteiger partial charge in [0.15, 0.2) is 6.10 Å². The Hall–Kier alpha value is -3.67. The van der Waals surface area contributed by atoms with Crippen LogP contribution in [0.1, 0.15) is 278 Å². The normalized spacial score (nSPS) is 12.8. The molecule has 0 aromatic rings. The predicted molar refractivity (Wildman–Crippen MR) is 307 cm³/mol. The minimum absolute atomic E-state index is 0.105. The Morgan fingerprint density at radius 1 is 0.296 bits per heavy atom. The third-order valence-electron chi connectivity index (χ3n) is 12.6. The maximum atomic E-state index is 12.9. The summed E-state index contributed by atoms with van der Waals surface area (Å²) in [5, 5.41) is 0. The van der Waals surface area contributed by atoms with Crippen molar-refractivity contribution in [1.82, 2.24) is 0 Å². The summed E-state index contributed by atoms with van der Waals surface area (Å²) in [5.41, 5.74) is 0. The molecule has 6 heteroatoms. The Morgan fingerprint density at radius 2 is 0.577 bits per heavy atom. The van der Waals surface area contributed by atoms with Crippen LogP contribution < -0.4 is 0 Å². The molecule has 0 aromatic heterocycles. The van der Waals surface area contributed by atoms with Crippen LogP contribution in [0.4, 0.5) is 0 Å². The van der Waals surface area contributed by atoms with Crippen molar-refractivity contribution in [2.24, 2.45) is 0 Å². The molecule has 6 nitrogen and oxygen atoms in total. The minimum atomic E-state index is -0.813. The van der Waals surface area contributed by atoms with Gasteiger partial charge in [-0.05, 0) is 109 Å². The fourth-order valence-electron chi connectivity index (χ4n) is 8.11. The number of carbonyl (C=O) groups excluding carboxylic acids is 3. The highest BCUT2D eigenvalue weighted by Crippen LogP contribution is 2.15. The fourth-order valence-corrected chi connectivity index (χ4v) is 8.11. The number of carbonyl (C=O) groups is 3. The molecule has 0 fully saturated rings. The summed E-state index contributed by atoms with van der Waals surface area (Å²) in [6.45, 7) is 6.46. The Morgan fingerprint density at radius 3 is 0.944 bits per heavy atom. The minimum Gasteiger partial charge on any atom is -0.462 e. The maximum Gasteiger partial charge on any atom is 0.306 e. The lowest BCUT2D eigenvalue weighted by Crippen LogP contribution is -2.30. The van der Waals surface area contributed by atoms with Gasteiger partial charge in [0.1, 0.15) is 13.2 Å². The van der Waals surface area contributed by atoms with Crippen molar-refractivity contribution in [3.05, 3.63) is 97.2 Å². The largest absolute Gasteiger partial charge is 0.462 e. The van der Waals surface area contributed by atoms with E-state index in [0.717, 1.165) is 77.0 Å². The van der Waals surface area contributed by atoms with Gasteiger partial charge in [-0.25, -0.2) is 0 Å². The smallest absolute Gasteiger partial charge is 0.306 e. The lowest BCUT2D eigenvalue weighted by atomic mass is 10.1. The summed E-state index contributed by atoms with van der Waals surface area (Å²) in [7, 11) is 0. The number of rotatable bonds is 53. The predicted octanol–water partition coefficient (Wildman–Crippen LogP) is 20.1. The van der Waals surface area contributed by atoms with E-state index in [9.17, 15) is 14.4 Å². The highest BCUT2D eigenvalue weighted by Gasteiger charge is 2.19. The van der Waals surface area contributed by atoms with E-state index in [1.54, 1.807) is 0 Å². The van der Waals surface area contributed by atoms with Crippen molar-refractivity contribution >= 4 is 17.9 Å². The van der Waals surface area contributed by atoms with Crippen molar-refractivity contribution in [2.75, 3.05) is 13.2 Å². The van der Waals surface area contributed by atoms with Crippen LogP contribution in [-0.4, -0.2) is 37.2 Å². The second-order valence-electron chi connectivity index (χ2n) is 19.5. The molecule has 0 saturated heterocycles. The van der Waals surface area contributed by atoms with Crippen LogP contribution in [0, 0.1) is 0 Å². The summed E-state index contributed by atoms with van der Waals surface area (Å²) in [4.78, 5) is 38.2. The molecule has 0 aliphatic rings. The highest BCUT2D eigenvalue weighted by atomic mass is 16.6. The molecule has 0 aliphatic heterocycles. The lowest BCUT2D eigenvalue weighted by molar-refractivity contribution is -0.166. The van der Waals surface area contributed by atoms with Crippen LogP contribution in [0.3, 0.4) is 0 Å². The van der Waals surface area contributed by atoms with E-state index in [-0.39, 0.29) is 37.5 Å². The van der Waals surface area contributed by atoms with Crippen molar-refractivity contribution in [1.29, 1.82) is 0 Å². The van der Waals surface area contributed by atoms with E-state index in [1.807, 2.05) is 6.08 Å². The van der Waals surface area contributed by atoms with Crippen molar-refractivity contribution in [3.63, 3.8) is 0 Å². The molecule has 1 atom stereocenters. The van der Waals surface area contributed by atoms with Gasteiger partial charge in [0.25, 0.3) is 0 Å². The average molecular weight is 988 g/mol. The molecule has 0 spiro atoms. The molecular weight excluding hydrogens is 877 g/mol. The second kappa shape index (κ2) is 58.9. The number of allylic oxidation sites excluding steroid dienone is 16. The number of hydrogen-bond donors (Lipinski definition) is 0. The van der Waals surface area contributed by atoms with E-state index in [0.29, 0.717) is 19.3 Å². The zero-order valence-corrected chi connectivity index (χ0v) is 46.5. The second-order valence-corrected chi connectivity index (χ2v) is 19.5. The van der Waals surface area contributed by atoms with Gasteiger partial charge in [0, 0.05) is 19.3 Å². The molecule has 0 heterocycles. The van der Waals surface area contributed by atoms with E-state index >= 15 is 0 Å². The third-order valence-corrected chi connectivity index (χ3v) is 12.6. The lowest BCUT2D eigenvalue weighted by Gasteiger charge is -2.18. The third kappa shape index (κ3) is 57.1. The Labute approximate surface area is 438 Å². The van der Waals surface area contributed by atoms with Gasteiger partial charge >= 0.3 is 17.9 Å². The van der Waals surface area contributed by atoms with Gasteiger partial charge in [0.05, 0.1) is 0 Å². The monoisotopic (exact) mass is 987 g/mol. The van der Waals surface area contributed by atoms with Crippen LogP contribution in [-0.2, 0) is 28.6 Å². The quantitative estimate of drug-likeness (QED) is 0.0261. The first-order chi connectivity index (χ1) is 35.0. The molecule has 0 radical (unpaired) electrons. The Kier molecular flexibility index (Phi) is 55.9. The van der Waals surface area contributed by atoms with Gasteiger partial charge in [0.2, 0.25) is 0 Å². The number of ether oxygens (including phenoxy) is 3. The summed E-state index contributed by atoms with van der Waals surface area (Å²) >= 11 is 0. The summed E-state index contributed by atoms with van der Waals surface area (Å²) in [6.07, 6.45) is 78.4. The number of unbranched alkanes of at least 4 members (excludes halogenated alkanes) is 26. The van der Waals surface area contributed by atoms with E-state index < -0.39 is 6.10 Å². The standard InChI is InChI=1S/C65H110O6/c1-4-7-10-13-16-19-22-25-28-31-32-35-37-40-43-46-49-52-55-58-64(67)70-61-62(71-65(68)59-56-53-50-47-44-41-38-34-30-27-24-21-18-15-12-9-6-3)60-69-63(66)57-54-51-48-45-42-39-36-33-29-26-23-20-17-14-11-8-5-2/h7,10,16,19,25-30,32,35,40,43,49,52,62H,4-6,8-9,11-15,17-18,20-24,31,33-34,36-39,41-42,44-48,50-51,53-61H2,1-3H3/b10-7-,19-16-,28-25-,29-26-,30-27-,35-32-,43-40-,52-49-/t62-/m0/s1. The molecular formula is C65H110O6. The topological polar surface area (TPSA) is 78.9 Å². The summed E-state index contributed by atoms with van der Waals surface area (Å²) in [6, 6.07) is 0. The van der Waals surface area contributed by atoms with Crippen molar-refractivity contribution in [3.8, 4) is 0 Å². The molecule has 0 saturated carbocycles. The van der Waals surface area contributed by atoms with Crippen molar-refractivity contribution in [2.45, 2.75) is 284 Å². The fraction of sp³-hybridized carbons (Fsp3) is 0.708. The van der Waals surface area contributed by atoms with Crippen LogP contribution in [0.25, 0.3) is 0 Å². The zero-order chi connectivity index (χ0) is 51.4. The SMILES string of the molecule is CC/C=C\C/C=C\C/C=C\C/C=C\C/C=C\C/C=C\CCC(=O)OC[C@H](COC(=O)CCCCCCCCC/C=C\CCCCCCCC)OC(=O)CCCCCCCCC/C=C\CCCCCCCC. The number of hydrogen-bond acceptors (Lipinski definition) is 6. The first-order valence-electron chi connectivity index (χ1n) is 29.7. The van der Waals surface area contributed by atoms with E-state index in [1.165, 1.54) is 154 Å². The maximum absolute atomic E-state index is 12.9. The zero-order valence-electron chi connectivity index (χ0n) is 46.5. The van der Waals surface area contributed by atoms with Crippen LogP contribution in [0.5, 0.6) is 0 Å². The Balaban J connectivity index is 4.50. The molecule has 0 aromatic carbocycles. The first-order valence-corrected chi connectivity index (χ1v) is 29.7. The van der Waals surface area contributed by atoms with Gasteiger partial charge < -0.3 is 14.2 Å². The van der Waals surface area contributed by atoms with Crippen LogP contribution >= 0.6 is 0 Å². The van der Waals surface area contributed by atoms with Gasteiger partial charge in [-0.3, -0.25) is 14.4 Å². The average Bonchev–Trinajstić information content (AvgIpc) is 3.37. The van der Waals surface area contributed by atoms with Gasteiger partial charge in [-0.15, -0.1) is 0 Å². The molecule has 0 unspecified atom stereocenters. The molecule has 0 bridgehead atoms. The molecule has 0 rings (SSSR count). The van der Waals surface area contributed by atoms with E-state index in [2.05, 4.69) is 112 Å². The van der Waals surface area contributed by atoms with E-state index in [4.69, 9.17) is 14.2 Å². The summed E-state index contributed by atoms with van der Waals surface area (Å²) < 4.78 is 16.8. The molecule has 0 aliphatic carbocycles. The molecule has 406 valence electrons. The summed E-state index contributed by atoms with van der Waals surface area (Å²) in [5.74, 6) is -0.995. The molecule has 71 heavy (non-hydrogen) atoms. The first kappa shape index (κ1) is 67.3. The van der Waals surface area contributed by atoms with Crippen molar-refractivity contribution < 1.29 is 28.6 Å². The van der Waals surface area contributed by atoms with Gasteiger partial charge in [-0.1, -0.05) is 246 Å². The molecule has 0 N–H and O–H groups in total. The number of esters is 3. The van der Waals surface area contributed by atoms with Crippen LogP contribution in [0.2, 0.25) is 0 Å². The highest BCUT2D eigenvalue weighted by molar-refractivity contribution is 5.71. The van der Waals surface area contributed by atoms with Gasteiger partial charge in [-0.2, -0.15) is 0 Å². The Bertz CT molecular complexity index is 1410.